The Hall–Kier alpha value is -3.34. The second-order valence-electron chi connectivity index (χ2n) is 15.8. The normalized spacial score (nSPS) is 37.5. The minimum absolute atomic E-state index is 0.222. The lowest BCUT2D eigenvalue weighted by atomic mass is 9.66. The summed E-state index contributed by atoms with van der Waals surface area (Å²) < 4.78 is 29.5. The number of esters is 4. The van der Waals surface area contributed by atoms with Crippen molar-refractivity contribution in [3.8, 4) is 0 Å². The zero-order valence-electron chi connectivity index (χ0n) is 27.7. The zero-order valence-corrected chi connectivity index (χ0v) is 28.5. The fraction of sp³-hybridized carbons (Fsp3) is 0.629. The van der Waals surface area contributed by atoms with Crippen LogP contribution in [0.3, 0.4) is 0 Å². The Bertz CT molecular complexity index is 1840. The molecule has 2 aliphatic carbocycles. The third-order valence-electron chi connectivity index (χ3n) is 13.0. The van der Waals surface area contributed by atoms with Crippen molar-refractivity contribution >= 4 is 46.6 Å². The summed E-state index contributed by atoms with van der Waals surface area (Å²) in [6.45, 7) is 16.5. The number of benzene rings is 1. The van der Waals surface area contributed by atoms with Crippen LogP contribution >= 0.6 is 11.8 Å². The summed E-state index contributed by atoms with van der Waals surface area (Å²) in [6.07, 6.45) is -0.873. The first kappa shape index (κ1) is 31.3. The summed E-state index contributed by atoms with van der Waals surface area (Å²) in [7, 11) is 0. The van der Waals surface area contributed by atoms with E-state index in [0.29, 0.717) is 40.7 Å². The summed E-state index contributed by atoms with van der Waals surface area (Å²) in [4.78, 5) is 68.3. The summed E-state index contributed by atoms with van der Waals surface area (Å²) in [5.74, 6) is -2.36. The predicted molar refractivity (Wildman–Crippen MR) is 166 cm³/mol. The van der Waals surface area contributed by atoms with Gasteiger partial charge in [-0.1, -0.05) is 27.7 Å². The van der Waals surface area contributed by atoms with Crippen molar-refractivity contribution < 1.29 is 42.5 Å². The molecule has 11 heteroatoms. The van der Waals surface area contributed by atoms with Crippen LogP contribution < -0.4 is 5.63 Å². The van der Waals surface area contributed by atoms with Crippen molar-refractivity contribution in [3.63, 3.8) is 0 Å². The molecule has 0 spiro atoms. The second-order valence-corrected chi connectivity index (χ2v) is 17.5. The maximum atomic E-state index is 14.5. The average molecular weight is 653 g/mol. The monoisotopic (exact) mass is 652 g/mol. The first-order chi connectivity index (χ1) is 21.2. The summed E-state index contributed by atoms with van der Waals surface area (Å²) in [5, 5.41) is 0.639. The van der Waals surface area contributed by atoms with E-state index in [9.17, 15) is 24.0 Å². The molecule has 3 aliphatic heterocycles. The lowest BCUT2D eigenvalue weighted by Crippen LogP contribution is -2.55. The zero-order chi connectivity index (χ0) is 33.6. The van der Waals surface area contributed by atoms with Crippen molar-refractivity contribution in [2.45, 2.75) is 121 Å². The van der Waals surface area contributed by atoms with Crippen molar-refractivity contribution in [1.29, 1.82) is 0 Å². The van der Waals surface area contributed by atoms with Gasteiger partial charge < -0.3 is 23.4 Å². The van der Waals surface area contributed by atoms with E-state index in [1.807, 2.05) is 67.5 Å². The van der Waals surface area contributed by atoms with Crippen LogP contribution in [-0.2, 0) is 38.1 Å². The maximum absolute atomic E-state index is 14.5. The molecule has 0 amide bonds. The van der Waals surface area contributed by atoms with Gasteiger partial charge in [0.15, 0.2) is 12.2 Å². The van der Waals surface area contributed by atoms with Gasteiger partial charge >= 0.3 is 29.5 Å². The molecule has 1 aromatic carbocycles. The highest BCUT2D eigenvalue weighted by Gasteiger charge is 2.78. The lowest BCUT2D eigenvalue weighted by molar-refractivity contribution is -0.204. The number of fused-ring (bicyclic) bond motifs is 7. The summed E-state index contributed by atoms with van der Waals surface area (Å²) >= 11 is 1.40. The SMILES string of the molecule is Cc1cc(=O)oc2c3c(ccc12)SC(C)(C)[C@@H](OC(=O)[C@@]12CC[C@@](C)(C(=O)O1)C2(C)C)[C@H]3OC(=O)[C@@]12CC[C@@](C)(C(=O)O1)C2(C)C. The Labute approximate surface area is 271 Å². The van der Waals surface area contributed by atoms with Crippen LogP contribution in [0.5, 0.6) is 0 Å². The minimum atomic E-state index is -1.56. The van der Waals surface area contributed by atoms with Crippen molar-refractivity contribution in [3.05, 3.63) is 39.7 Å². The quantitative estimate of drug-likeness (QED) is 0.228. The number of carbonyl (C=O) groups excluding carboxylic acids is 4. The average Bonchev–Trinajstić information content (AvgIpc) is 3.42. The van der Waals surface area contributed by atoms with E-state index in [0.717, 1.165) is 0 Å². The summed E-state index contributed by atoms with van der Waals surface area (Å²) in [6, 6.07) is 5.12. The van der Waals surface area contributed by atoms with E-state index in [4.69, 9.17) is 23.4 Å². The van der Waals surface area contributed by atoms with Crippen LogP contribution in [-0.4, -0.2) is 45.9 Å². The van der Waals surface area contributed by atoms with Crippen molar-refractivity contribution in [1.82, 2.24) is 0 Å². The Morgan fingerprint density at radius 1 is 0.783 bits per heavy atom. The molecule has 0 N–H and O–H groups in total. The van der Waals surface area contributed by atoms with Gasteiger partial charge in [0.05, 0.1) is 21.1 Å². The molecule has 0 radical (unpaired) electrons. The van der Waals surface area contributed by atoms with Crippen LogP contribution in [0, 0.1) is 28.6 Å². The Morgan fingerprint density at radius 3 is 1.78 bits per heavy atom. The lowest BCUT2D eigenvalue weighted by Gasteiger charge is -2.45. The number of thioether (sulfide) groups is 1. The number of rotatable bonds is 4. The summed E-state index contributed by atoms with van der Waals surface area (Å²) in [5.41, 5.74) is -5.86. The predicted octanol–water partition coefficient (Wildman–Crippen LogP) is 5.73. The molecule has 2 aromatic rings. The highest BCUT2D eigenvalue weighted by molar-refractivity contribution is 8.00. The molecule has 7 rings (SSSR count). The van der Waals surface area contributed by atoms with E-state index >= 15 is 0 Å². The molecule has 5 aliphatic rings. The van der Waals surface area contributed by atoms with Crippen molar-refractivity contribution in [2.75, 3.05) is 0 Å². The molecule has 4 fully saturated rings. The molecule has 46 heavy (non-hydrogen) atoms. The highest BCUT2D eigenvalue weighted by atomic mass is 32.2. The third kappa shape index (κ3) is 3.42. The fourth-order valence-electron chi connectivity index (χ4n) is 8.75. The van der Waals surface area contributed by atoms with Crippen LogP contribution in [0.1, 0.15) is 98.3 Å². The largest absolute Gasteiger partial charge is 0.454 e. The highest BCUT2D eigenvalue weighted by Crippen LogP contribution is 2.68. The van der Waals surface area contributed by atoms with Gasteiger partial charge in [-0.25, -0.2) is 14.4 Å². The fourth-order valence-corrected chi connectivity index (χ4v) is 10.1. The molecule has 246 valence electrons. The van der Waals surface area contributed by atoms with Gasteiger partial charge in [0.2, 0.25) is 11.2 Å². The van der Waals surface area contributed by atoms with Crippen LogP contribution in [0.4, 0.5) is 0 Å². The first-order valence-electron chi connectivity index (χ1n) is 15.8. The van der Waals surface area contributed by atoms with E-state index in [1.54, 1.807) is 6.92 Å². The van der Waals surface area contributed by atoms with Gasteiger partial charge in [0, 0.05) is 27.2 Å². The number of aryl methyl sites for hydroxylation is 1. The molecule has 4 bridgehead atoms. The number of hydrogen-bond donors (Lipinski definition) is 0. The Kier molecular flexibility index (Phi) is 6.09. The topological polar surface area (TPSA) is 135 Å². The van der Waals surface area contributed by atoms with Crippen molar-refractivity contribution in [2.24, 2.45) is 21.7 Å². The van der Waals surface area contributed by atoms with Gasteiger partial charge in [-0.3, -0.25) is 9.59 Å². The van der Waals surface area contributed by atoms with Crippen LogP contribution in [0.15, 0.2) is 32.3 Å². The molecule has 0 unspecified atom stereocenters. The van der Waals surface area contributed by atoms with E-state index < -0.39 is 79.3 Å². The number of carbonyl (C=O) groups is 4. The number of hydrogen-bond acceptors (Lipinski definition) is 11. The molecule has 4 heterocycles. The van der Waals surface area contributed by atoms with Gasteiger partial charge in [0.25, 0.3) is 0 Å². The molecule has 6 atom stereocenters. The molecule has 2 saturated carbocycles. The van der Waals surface area contributed by atoms with E-state index in [-0.39, 0.29) is 12.0 Å². The smallest absolute Gasteiger partial charge is 0.351 e. The Balaban J connectivity index is 1.37. The standard InChI is InChI=1S/C35H40O10S/c1-17-16-20(36)41-22-18(17)10-11-19-21(22)23(42-27(39)34-14-12-32(8,25(37)44-34)30(34,4)5)24(29(2,3)46-19)43-28(40)35-15-13-33(9,26(38)45-35)31(35,6)7/h10-11,16,23-24H,12-15H2,1-9H3/t23-,24-,32-,33-,34+,35+/m0/s1. The molecule has 2 saturated heterocycles. The van der Waals surface area contributed by atoms with E-state index in [2.05, 4.69) is 0 Å². The first-order valence-corrected chi connectivity index (χ1v) is 16.7. The molecule has 1 aromatic heterocycles. The third-order valence-corrected chi connectivity index (χ3v) is 14.4. The van der Waals surface area contributed by atoms with Crippen LogP contribution in [0.25, 0.3) is 11.0 Å². The second kappa shape index (κ2) is 8.96. The van der Waals surface area contributed by atoms with Gasteiger partial charge in [-0.05, 0) is 78.0 Å². The Morgan fingerprint density at radius 2 is 1.30 bits per heavy atom. The van der Waals surface area contributed by atoms with Gasteiger partial charge in [0.1, 0.15) is 5.58 Å². The van der Waals surface area contributed by atoms with E-state index in [1.165, 1.54) is 17.8 Å². The van der Waals surface area contributed by atoms with Crippen LogP contribution in [0.2, 0.25) is 0 Å². The molecular weight excluding hydrogens is 612 g/mol. The number of ether oxygens (including phenoxy) is 4. The minimum Gasteiger partial charge on any atom is -0.454 e. The van der Waals surface area contributed by atoms with Gasteiger partial charge in [-0.15, -0.1) is 11.8 Å². The van der Waals surface area contributed by atoms with Gasteiger partial charge in [-0.2, -0.15) is 0 Å². The molecular formula is C35H40O10S. The molecule has 10 nitrogen and oxygen atoms in total. The maximum Gasteiger partial charge on any atom is 0.351 e.